The number of fused-ring (bicyclic) bond motifs is 1. The lowest BCUT2D eigenvalue weighted by Crippen LogP contribution is -2.44. The van der Waals surface area contributed by atoms with Crippen molar-refractivity contribution in [3.63, 3.8) is 0 Å². The highest BCUT2D eigenvalue weighted by molar-refractivity contribution is 6.09. The molecule has 3 heterocycles. The number of Topliss-reactive ketones (excluding diaryl/α,β-unsaturated/α-hetero) is 1. The van der Waals surface area contributed by atoms with Crippen molar-refractivity contribution >= 4 is 28.6 Å². The van der Waals surface area contributed by atoms with Crippen LogP contribution in [0.25, 0.3) is 11.0 Å². The van der Waals surface area contributed by atoms with Gasteiger partial charge >= 0.3 is 0 Å². The van der Waals surface area contributed by atoms with Crippen LogP contribution in [0.5, 0.6) is 23.0 Å². The highest BCUT2D eigenvalue weighted by Gasteiger charge is 2.50. The Bertz CT molecular complexity index is 1720. The number of ether oxygens (including phenoxy) is 4. The Labute approximate surface area is 273 Å². The fourth-order valence-electron chi connectivity index (χ4n) is 6.91. The fraction of sp³-hybridized carbons (Fsp3) is 0.389. The van der Waals surface area contributed by atoms with Crippen molar-refractivity contribution in [2.75, 3.05) is 54.6 Å². The van der Waals surface area contributed by atoms with Crippen LogP contribution in [0, 0.1) is 5.92 Å². The van der Waals surface area contributed by atoms with E-state index in [-0.39, 0.29) is 29.7 Å². The molecule has 3 aromatic carbocycles. The van der Waals surface area contributed by atoms with Gasteiger partial charge in [-0.3, -0.25) is 19.3 Å². The molecular weight excluding hydrogens is 600 g/mol. The molecular formula is C36H40N4O7. The predicted octanol–water partition coefficient (Wildman–Crippen LogP) is 4.89. The van der Waals surface area contributed by atoms with E-state index in [1.807, 2.05) is 48.5 Å². The topological polar surface area (TPSA) is 123 Å². The Balaban J connectivity index is 1.18. The number of piperidine rings is 1. The number of aromatic nitrogens is 2. The van der Waals surface area contributed by atoms with Gasteiger partial charge < -0.3 is 28.8 Å². The molecule has 2 aliphatic heterocycles. The third-order valence-electron chi connectivity index (χ3n) is 9.65. The first-order chi connectivity index (χ1) is 22.8. The number of aromatic amines is 1. The summed E-state index contributed by atoms with van der Waals surface area (Å²) in [6.07, 6.45) is 2.44. The third kappa shape index (κ3) is 6.03. The average Bonchev–Trinajstić information content (AvgIpc) is 3.71. The second-order valence-electron chi connectivity index (χ2n) is 12.1. The molecule has 0 saturated carbocycles. The summed E-state index contributed by atoms with van der Waals surface area (Å²) < 4.78 is 21.7. The Morgan fingerprint density at radius 1 is 0.894 bits per heavy atom. The molecule has 0 spiro atoms. The fourth-order valence-corrected chi connectivity index (χ4v) is 6.91. The van der Waals surface area contributed by atoms with Gasteiger partial charge in [-0.2, -0.15) is 0 Å². The van der Waals surface area contributed by atoms with Crippen molar-refractivity contribution in [2.45, 2.75) is 31.1 Å². The van der Waals surface area contributed by atoms with Gasteiger partial charge in [-0.15, -0.1) is 0 Å². The second kappa shape index (κ2) is 13.4. The lowest BCUT2D eigenvalue weighted by atomic mass is 9.75. The van der Waals surface area contributed by atoms with E-state index in [4.69, 9.17) is 18.9 Å². The molecule has 2 saturated heterocycles. The summed E-state index contributed by atoms with van der Waals surface area (Å²) in [4.78, 5) is 52.9. The minimum absolute atomic E-state index is 0.0440. The summed E-state index contributed by atoms with van der Waals surface area (Å²) in [5.41, 5.74) is 1.86. The number of rotatable bonds is 11. The zero-order chi connectivity index (χ0) is 33.1. The Morgan fingerprint density at radius 3 is 2.19 bits per heavy atom. The Hall–Kier alpha value is -4.90. The van der Waals surface area contributed by atoms with Gasteiger partial charge in [0.1, 0.15) is 5.75 Å². The number of benzene rings is 3. The minimum atomic E-state index is -0.899. The van der Waals surface area contributed by atoms with E-state index in [1.165, 1.54) is 26.2 Å². The molecule has 11 heteroatoms. The quantitative estimate of drug-likeness (QED) is 0.180. The standard InChI is InChI=1S/C36H40N4O7/c1-44-26-11-9-25(10-12-26)36(16-20-40(35(36)43)34(42)24-21-29(45-2)32(47-4)30(22-24)46-3)15-19-39-17-13-23(14-18-39)31(41)33-37-27-7-5-6-8-28(27)38-33/h5-12,21-23H,13-20H2,1-4H3,(H,37,38). The number of hydrogen-bond acceptors (Lipinski definition) is 9. The summed E-state index contributed by atoms with van der Waals surface area (Å²) >= 11 is 0. The number of H-pyrrole nitrogens is 1. The molecule has 0 bridgehead atoms. The highest BCUT2D eigenvalue weighted by atomic mass is 16.5. The van der Waals surface area contributed by atoms with Crippen LogP contribution in [0.1, 0.15) is 52.2 Å². The van der Waals surface area contributed by atoms with E-state index in [9.17, 15) is 14.4 Å². The number of para-hydroxylation sites is 2. The van der Waals surface area contributed by atoms with Crippen LogP contribution >= 0.6 is 0 Å². The maximum absolute atomic E-state index is 14.4. The number of carbonyl (C=O) groups is 3. The van der Waals surface area contributed by atoms with E-state index in [1.54, 1.807) is 19.2 Å². The molecule has 2 amide bonds. The molecule has 0 radical (unpaired) electrons. The van der Waals surface area contributed by atoms with Gasteiger partial charge in [0.25, 0.3) is 5.91 Å². The first-order valence-corrected chi connectivity index (χ1v) is 15.8. The number of nitrogens with one attached hydrogen (secondary N) is 1. The summed E-state index contributed by atoms with van der Waals surface area (Å²) in [7, 11) is 6.07. The average molecular weight is 641 g/mol. The minimum Gasteiger partial charge on any atom is -0.497 e. The molecule has 246 valence electrons. The van der Waals surface area contributed by atoms with Gasteiger partial charge in [0.15, 0.2) is 17.3 Å². The molecule has 1 unspecified atom stereocenters. The third-order valence-corrected chi connectivity index (χ3v) is 9.65. The smallest absolute Gasteiger partial charge is 0.260 e. The van der Waals surface area contributed by atoms with Crippen LogP contribution in [0.3, 0.4) is 0 Å². The molecule has 1 N–H and O–H groups in total. The maximum Gasteiger partial charge on any atom is 0.260 e. The van der Waals surface area contributed by atoms with E-state index < -0.39 is 11.3 Å². The Morgan fingerprint density at radius 2 is 1.57 bits per heavy atom. The lowest BCUT2D eigenvalue weighted by molar-refractivity contribution is -0.130. The first-order valence-electron chi connectivity index (χ1n) is 15.8. The summed E-state index contributed by atoms with van der Waals surface area (Å²) in [6.45, 7) is 2.39. The molecule has 0 aliphatic carbocycles. The second-order valence-corrected chi connectivity index (χ2v) is 12.1. The van der Waals surface area contributed by atoms with Crippen LogP contribution < -0.4 is 18.9 Å². The van der Waals surface area contributed by atoms with Gasteiger partial charge in [-0.05, 0) is 87.3 Å². The number of methoxy groups -OCH3 is 4. The molecule has 2 aliphatic rings. The number of amides is 2. The van der Waals surface area contributed by atoms with Crippen LogP contribution in [-0.2, 0) is 10.2 Å². The van der Waals surface area contributed by atoms with E-state index in [0.29, 0.717) is 61.1 Å². The number of hydrogen-bond donors (Lipinski definition) is 1. The molecule has 47 heavy (non-hydrogen) atoms. The summed E-state index contributed by atoms with van der Waals surface area (Å²) in [5, 5.41) is 0. The molecule has 2 fully saturated rings. The lowest BCUT2D eigenvalue weighted by Gasteiger charge is -2.35. The van der Waals surface area contributed by atoms with Crippen molar-refractivity contribution in [1.29, 1.82) is 0 Å². The van der Waals surface area contributed by atoms with Crippen molar-refractivity contribution in [3.05, 3.63) is 77.6 Å². The van der Waals surface area contributed by atoms with Gasteiger partial charge in [0, 0.05) is 18.0 Å². The highest BCUT2D eigenvalue weighted by Crippen LogP contribution is 2.43. The van der Waals surface area contributed by atoms with Crippen molar-refractivity contribution < 1.29 is 33.3 Å². The molecule has 1 aromatic heterocycles. The monoisotopic (exact) mass is 640 g/mol. The number of nitrogens with zero attached hydrogens (tertiary/aromatic N) is 3. The summed E-state index contributed by atoms with van der Waals surface area (Å²) in [6, 6.07) is 18.3. The molecule has 11 nitrogen and oxygen atoms in total. The van der Waals surface area contributed by atoms with E-state index >= 15 is 0 Å². The van der Waals surface area contributed by atoms with Gasteiger partial charge in [-0.1, -0.05) is 24.3 Å². The van der Waals surface area contributed by atoms with Crippen molar-refractivity contribution in [2.24, 2.45) is 5.92 Å². The van der Waals surface area contributed by atoms with Crippen LogP contribution in [0.15, 0.2) is 60.7 Å². The number of carbonyl (C=O) groups excluding carboxylic acids is 3. The van der Waals surface area contributed by atoms with Gasteiger partial charge in [0.05, 0.1) is 44.9 Å². The number of ketones is 1. The number of imidazole rings is 1. The molecule has 1 atom stereocenters. The zero-order valence-electron chi connectivity index (χ0n) is 27.2. The largest absolute Gasteiger partial charge is 0.497 e. The van der Waals surface area contributed by atoms with Crippen LogP contribution in [0.4, 0.5) is 0 Å². The first kappa shape index (κ1) is 32.1. The number of imide groups is 1. The molecule has 6 rings (SSSR count). The van der Waals surface area contributed by atoms with Crippen molar-refractivity contribution in [1.82, 2.24) is 19.8 Å². The van der Waals surface area contributed by atoms with E-state index in [0.717, 1.165) is 29.7 Å². The maximum atomic E-state index is 14.4. The van der Waals surface area contributed by atoms with Crippen LogP contribution in [0.2, 0.25) is 0 Å². The van der Waals surface area contributed by atoms with Gasteiger partial charge in [0.2, 0.25) is 17.4 Å². The molecule has 4 aromatic rings. The SMILES string of the molecule is COc1ccc(C2(CCN3CCC(C(=O)c4nc5ccccc5[nH]4)CC3)CCN(C(=O)c3cc(OC)c(OC)c(OC)c3)C2=O)cc1. The predicted molar refractivity (Wildman–Crippen MR) is 176 cm³/mol. The van der Waals surface area contributed by atoms with Gasteiger partial charge in [-0.25, -0.2) is 4.98 Å². The van der Waals surface area contributed by atoms with E-state index in [2.05, 4.69) is 14.9 Å². The number of likely N-dealkylation sites (tertiary alicyclic amines) is 2. The zero-order valence-corrected chi connectivity index (χ0v) is 27.2. The van der Waals surface area contributed by atoms with Crippen LogP contribution in [-0.4, -0.2) is 92.0 Å². The summed E-state index contributed by atoms with van der Waals surface area (Å²) in [5.74, 6) is 1.42. The normalized spacial score (nSPS) is 18.8. The Kier molecular flexibility index (Phi) is 9.17. The van der Waals surface area contributed by atoms with Crippen molar-refractivity contribution in [3.8, 4) is 23.0 Å².